The maximum Gasteiger partial charge on any atom is 0.262 e. The molecule has 0 saturated carbocycles. The normalized spacial score (nSPS) is 11.8. The topological polar surface area (TPSA) is 58.6 Å². The molecule has 2 aromatic rings. The number of hydrogen-bond donors (Lipinski definition) is 2. The van der Waals surface area contributed by atoms with Crippen molar-refractivity contribution in [2.45, 2.75) is 25.9 Å². The first-order valence-corrected chi connectivity index (χ1v) is 8.56. The van der Waals surface area contributed by atoms with E-state index in [0.717, 1.165) is 27.7 Å². The molecule has 0 fully saturated rings. The lowest BCUT2D eigenvalue weighted by molar-refractivity contribution is -0.118. The maximum absolute atomic E-state index is 11.9. The van der Waals surface area contributed by atoms with Gasteiger partial charge in [0.15, 0.2) is 6.61 Å². The zero-order chi connectivity index (χ0) is 16.7. The molecule has 2 aromatic carbocycles. The number of aliphatic hydroxyl groups excluding tert-OH is 1. The highest BCUT2D eigenvalue weighted by molar-refractivity contribution is 14.1. The Balaban J connectivity index is 1.80. The summed E-state index contributed by atoms with van der Waals surface area (Å²) in [7, 11) is 0. The lowest BCUT2D eigenvalue weighted by Gasteiger charge is -2.09. The number of anilines is 1. The molecule has 0 spiro atoms. The first-order chi connectivity index (χ1) is 11.0. The van der Waals surface area contributed by atoms with Crippen molar-refractivity contribution >= 4 is 34.2 Å². The van der Waals surface area contributed by atoms with Crippen molar-refractivity contribution in [1.82, 2.24) is 0 Å². The Morgan fingerprint density at radius 3 is 2.65 bits per heavy atom. The molecule has 1 amide bonds. The molecular weight excluding hydrogens is 405 g/mol. The molecule has 23 heavy (non-hydrogen) atoms. The molecule has 2 N–H and O–H groups in total. The number of halogens is 1. The van der Waals surface area contributed by atoms with Crippen molar-refractivity contribution in [3.05, 3.63) is 57.7 Å². The van der Waals surface area contributed by atoms with E-state index in [0.29, 0.717) is 5.75 Å². The molecule has 0 aliphatic heterocycles. The minimum atomic E-state index is -0.296. The fourth-order valence-electron chi connectivity index (χ4n) is 2.04. The molecule has 0 bridgehead atoms. The summed E-state index contributed by atoms with van der Waals surface area (Å²) in [5.41, 5.74) is 1.90. The predicted octanol–water partition coefficient (Wildman–Crippen LogP) is 3.62. The van der Waals surface area contributed by atoms with Gasteiger partial charge >= 0.3 is 0 Å². The van der Waals surface area contributed by atoms with Gasteiger partial charge in [-0.25, -0.2) is 0 Å². The molecule has 2 rings (SSSR count). The SMILES string of the molecule is CC(O)CCc1ccc(OCC(=O)Nc2cccc(I)c2)cc1. The molecule has 1 atom stereocenters. The third-order valence-corrected chi connectivity index (χ3v) is 3.92. The number of benzene rings is 2. The Kier molecular flexibility index (Phi) is 6.85. The number of carbonyl (C=O) groups is 1. The molecule has 0 radical (unpaired) electrons. The molecule has 1 unspecified atom stereocenters. The summed E-state index contributed by atoms with van der Waals surface area (Å²) in [5, 5.41) is 12.1. The van der Waals surface area contributed by atoms with E-state index < -0.39 is 0 Å². The van der Waals surface area contributed by atoms with Gasteiger partial charge in [0.05, 0.1) is 6.10 Å². The van der Waals surface area contributed by atoms with Crippen LogP contribution in [0, 0.1) is 3.57 Å². The molecule has 122 valence electrons. The van der Waals surface area contributed by atoms with Crippen molar-refractivity contribution < 1.29 is 14.6 Å². The summed E-state index contributed by atoms with van der Waals surface area (Å²) in [5.74, 6) is 0.466. The number of ether oxygens (including phenoxy) is 1. The standard InChI is InChI=1S/C18H20INO3/c1-13(21)5-6-14-7-9-17(10-8-14)23-12-18(22)20-16-4-2-3-15(19)11-16/h2-4,7-11,13,21H,5-6,12H2,1H3,(H,20,22). The van der Waals surface area contributed by atoms with Crippen LogP contribution < -0.4 is 10.1 Å². The Hall–Kier alpha value is -1.60. The quantitative estimate of drug-likeness (QED) is 0.667. The van der Waals surface area contributed by atoms with Gasteiger partial charge in [0, 0.05) is 9.26 Å². The van der Waals surface area contributed by atoms with Crippen LogP contribution in [0.25, 0.3) is 0 Å². The van der Waals surface area contributed by atoms with Crippen LogP contribution >= 0.6 is 22.6 Å². The van der Waals surface area contributed by atoms with Crippen molar-refractivity contribution in [2.24, 2.45) is 0 Å². The second kappa shape index (κ2) is 8.88. The smallest absolute Gasteiger partial charge is 0.262 e. The maximum atomic E-state index is 11.9. The van der Waals surface area contributed by atoms with E-state index in [9.17, 15) is 9.90 Å². The van der Waals surface area contributed by atoms with Crippen LogP contribution in [0.2, 0.25) is 0 Å². The summed E-state index contributed by atoms with van der Waals surface area (Å²) >= 11 is 2.20. The Bertz CT molecular complexity index is 641. The zero-order valence-corrected chi connectivity index (χ0v) is 15.1. The molecule has 0 saturated heterocycles. The van der Waals surface area contributed by atoms with E-state index in [4.69, 9.17) is 4.74 Å². The van der Waals surface area contributed by atoms with Crippen LogP contribution in [0.15, 0.2) is 48.5 Å². The second-order valence-electron chi connectivity index (χ2n) is 5.38. The lowest BCUT2D eigenvalue weighted by Crippen LogP contribution is -2.20. The van der Waals surface area contributed by atoms with E-state index in [1.807, 2.05) is 48.5 Å². The summed E-state index contributed by atoms with van der Waals surface area (Å²) in [6, 6.07) is 15.2. The van der Waals surface area contributed by atoms with E-state index in [2.05, 4.69) is 27.9 Å². The zero-order valence-electron chi connectivity index (χ0n) is 13.0. The van der Waals surface area contributed by atoms with Gasteiger partial charge in [0.1, 0.15) is 5.75 Å². The summed E-state index contributed by atoms with van der Waals surface area (Å²) in [6.07, 6.45) is 1.26. The first-order valence-electron chi connectivity index (χ1n) is 7.48. The highest BCUT2D eigenvalue weighted by atomic mass is 127. The Morgan fingerprint density at radius 1 is 1.26 bits per heavy atom. The molecule has 0 aliphatic carbocycles. The van der Waals surface area contributed by atoms with Crippen molar-refractivity contribution in [2.75, 3.05) is 11.9 Å². The van der Waals surface area contributed by atoms with Gasteiger partial charge in [0.25, 0.3) is 5.91 Å². The van der Waals surface area contributed by atoms with Crippen LogP contribution in [-0.2, 0) is 11.2 Å². The van der Waals surface area contributed by atoms with Gasteiger partial charge in [0.2, 0.25) is 0 Å². The lowest BCUT2D eigenvalue weighted by atomic mass is 10.1. The van der Waals surface area contributed by atoms with Gasteiger partial charge in [-0.1, -0.05) is 18.2 Å². The van der Waals surface area contributed by atoms with Gasteiger partial charge in [-0.3, -0.25) is 4.79 Å². The number of amides is 1. The molecule has 4 nitrogen and oxygen atoms in total. The Labute approximate surface area is 150 Å². The molecule has 0 aromatic heterocycles. The summed E-state index contributed by atoms with van der Waals surface area (Å²) < 4.78 is 6.55. The van der Waals surface area contributed by atoms with Gasteiger partial charge < -0.3 is 15.2 Å². The molecule has 0 heterocycles. The summed E-state index contributed by atoms with van der Waals surface area (Å²) in [6.45, 7) is 1.75. The van der Waals surface area contributed by atoms with Crippen LogP contribution in [0.4, 0.5) is 5.69 Å². The largest absolute Gasteiger partial charge is 0.484 e. The highest BCUT2D eigenvalue weighted by Gasteiger charge is 2.05. The number of aryl methyl sites for hydroxylation is 1. The number of rotatable bonds is 7. The van der Waals surface area contributed by atoms with Crippen LogP contribution in [0.3, 0.4) is 0 Å². The molecular formula is C18H20INO3. The average Bonchev–Trinajstić information content (AvgIpc) is 2.52. The van der Waals surface area contributed by atoms with E-state index in [-0.39, 0.29) is 18.6 Å². The number of carbonyl (C=O) groups excluding carboxylic acids is 1. The summed E-state index contributed by atoms with van der Waals surface area (Å²) in [4.78, 5) is 11.9. The van der Waals surface area contributed by atoms with Crippen LogP contribution in [0.5, 0.6) is 5.75 Å². The third-order valence-electron chi connectivity index (χ3n) is 3.25. The average molecular weight is 425 g/mol. The van der Waals surface area contributed by atoms with E-state index >= 15 is 0 Å². The minimum absolute atomic E-state index is 0.0293. The van der Waals surface area contributed by atoms with Crippen molar-refractivity contribution in [3.8, 4) is 5.75 Å². The monoisotopic (exact) mass is 425 g/mol. The molecule has 5 heteroatoms. The van der Waals surface area contributed by atoms with Crippen LogP contribution in [0.1, 0.15) is 18.9 Å². The minimum Gasteiger partial charge on any atom is -0.484 e. The van der Waals surface area contributed by atoms with Gasteiger partial charge in [-0.05, 0) is 78.3 Å². The van der Waals surface area contributed by atoms with E-state index in [1.165, 1.54) is 0 Å². The fourth-order valence-corrected chi connectivity index (χ4v) is 2.58. The van der Waals surface area contributed by atoms with Gasteiger partial charge in [-0.15, -0.1) is 0 Å². The number of hydrogen-bond acceptors (Lipinski definition) is 3. The number of nitrogens with one attached hydrogen (secondary N) is 1. The highest BCUT2D eigenvalue weighted by Crippen LogP contribution is 2.15. The van der Waals surface area contributed by atoms with Gasteiger partial charge in [-0.2, -0.15) is 0 Å². The third kappa shape index (κ3) is 6.58. The second-order valence-corrected chi connectivity index (χ2v) is 6.62. The van der Waals surface area contributed by atoms with Crippen molar-refractivity contribution in [3.63, 3.8) is 0 Å². The fraction of sp³-hybridized carbons (Fsp3) is 0.278. The first kappa shape index (κ1) is 17.7. The van der Waals surface area contributed by atoms with Crippen LogP contribution in [-0.4, -0.2) is 23.7 Å². The van der Waals surface area contributed by atoms with E-state index in [1.54, 1.807) is 6.92 Å². The van der Waals surface area contributed by atoms with Crippen molar-refractivity contribution in [1.29, 1.82) is 0 Å². The predicted molar refractivity (Wildman–Crippen MR) is 99.7 cm³/mol. The number of aliphatic hydroxyl groups is 1. The molecule has 0 aliphatic rings. The Morgan fingerprint density at radius 2 is 2.00 bits per heavy atom.